The minimum atomic E-state index is -0.325. The number of ether oxygens (including phenoxy) is 1. The summed E-state index contributed by atoms with van der Waals surface area (Å²) in [5.74, 6) is -0.0661. The summed E-state index contributed by atoms with van der Waals surface area (Å²) in [7, 11) is 0. The van der Waals surface area contributed by atoms with Crippen LogP contribution in [-0.2, 0) is 16.1 Å². The molecule has 1 fully saturated rings. The Labute approximate surface area is 136 Å². The maximum Gasteiger partial charge on any atom is 0.253 e. The molecular weight excluding hydrogens is 290 g/mol. The summed E-state index contributed by atoms with van der Waals surface area (Å²) in [6, 6.07) is 8.41. The van der Waals surface area contributed by atoms with Crippen LogP contribution in [0.4, 0.5) is 5.69 Å². The number of hydrogen-bond acceptors (Lipinski definition) is 3. The molecule has 1 atom stereocenters. The van der Waals surface area contributed by atoms with Crippen LogP contribution in [0.5, 0.6) is 0 Å². The number of hydrogen-bond donors (Lipinski definition) is 1. The van der Waals surface area contributed by atoms with Crippen molar-refractivity contribution in [3.63, 3.8) is 0 Å². The highest BCUT2D eigenvalue weighted by Crippen LogP contribution is 2.22. The summed E-state index contributed by atoms with van der Waals surface area (Å²) >= 11 is 0. The molecule has 1 aliphatic heterocycles. The first-order valence-corrected chi connectivity index (χ1v) is 8.06. The second kappa shape index (κ2) is 6.54. The number of aromatic nitrogens is 2. The van der Waals surface area contributed by atoms with Crippen molar-refractivity contribution in [3.8, 4) is 0 Å². The van der Waals surface area contributed by atoms with Crippen LogP contribution < -0.4 is 5.32 Å². The number of amides is 1. The van der Waals surface area contributed by atoms with E-state index < -0.39 is 0 Å². The lowest BCUT2D eigenvalue weighted by Gasteiger charge is -2.11. The van der Waals surface area contributed by atoms with Gasteiger partial charge in [-0.1, -0.05) is 29.8 Å². The highest BCUT2D eigenvalue weighted by molar-refractivity contribution is 5.95. The molecule has 1 aliphatic rings. The first kappa shape index (κ1) is 15.7. The topological polar surface area (TPSA) is 56.2 Å². The van der Waals surface area contributed by atoms with Gasteiger partial charge >= 0.3 is 0 Å². The molecule has 1 saturated heterocycles. The molecule has 2 heterocycles. The van der Waals surface area contributed by atoms with E-state index in [-0.39, 0.29) is 12.0 Å². The van der Waals surface area contributed by atoms with Crippen LogP contribution in [0.1, 0.15) is 35.4 Å². The lowest BCUT2D eigenvalue weighted by Crippen LogP contribution is -2.27. The Bertz CT molecular complexity index is 698. The molecule has 1 N–H and O–H groups in total. The van der Waals surface area contributed by atoms with E-state index in [1.54, 1.807) is 0 Å². The van der Waals surface area contributed by atoms with Gasteiger partial charge in [0.15, 0.2) is 0 Å². The summed E-state index contributed by atoms with van der Waals surface area (Å²) < 4.78 is 7.38. The van der Waals surface area contributed by atoms with E-state index in [9.17, 15) is 4.79 Å². The predicted molar refractivity (Wildman–Crippen MR) is 89.6 cm³/mol. The molecule has 5 heteroatoms. The molecule has 0 radical (unpaired) electrons. The zero-order chi connectivity index (χ0) is 16.4. The number of carbonyl (C=O) groups is 1. The summed E-state index contributed by atoms with van der Waals surface area (Å²) in [6.07, 6.45) is 1.42. The van der Waals surface area contributed by atoms with E-state index in [1.807, 2.05) is 18.5 Å². The van der Waals surface area contributed by atoms with Crippen LogP contribution in [0, 0.1) is 20.8 Å². The van der Waals surface area contributed by atoms with Gasteiger partial charge in [0.25, 0.3) is 5.91 Å². The van der Waals surface area contributed by atoms with Gasteiger partial charge in [0.2, 0.25) is 0 Å². The van der Waals surface area contributed by atoms with Crippen LogP contribution in [-0.4, -0.2) is 28.4 Å². The molecule has 3 rings (SSSR count). The normalized spacial score (nSPS) is 17.4. The molecule has 0 aliphatic carbocycles. The lowest BCUT2D eigenvalue weighted by atomic mass is 10.1. The second-order valence-corrected chi connectivity index (χ2v) is 6.18. The summed E-state index contributed by atoms with van der Waals surface area (Å²) in [4.78, 5) is 12.3. The maximum atomic E-state index is 12.3. The van der Waals surface area contributed by atoms with E-state index in [2.05, 4.69) is 41.6 Å². The predicted octanol–water partition coefficient (Wildman–Crippen LogP) is 2.97. The van der Waals surface area contributed by atoms with Crippen molar-refractivity contribution in [1.82, 2.24) is 9.78 Å². The molecule has 2 aromatic rings. The Morgan fingerprint density at radius 2 is 2.04 bits per heavy atom. The molecule has 0 bridgehead atoms. The van der Waals surface area contributed by atoms with Gasteiger partial charge in [0.1, 0.15) is 6.10 Å². The molecule has 5 nitrogen and oxygen atoms in total. The number of aryl methyl sites for hydroxylation is 2. The van der Waals surface area contributed by atoms with Gasteiger partial charge in [-0.25, -0.2) is 0 Å². The van der Waals surface area contributed by atoms with Gasteiger partial charge in [-0.05, 0) is 39.2 Å². The standard InChI is InChI=1S/C18H23N3O2/c1-12-6-8-15(9-7-12)11-21-14(3)17(13(2)20-21)19-18(22)16-5-4-10-23-16/h6-9,16H,4-5,10-11H2,1-3H3,(H,19,22)/t16-/m1/s1. The summed E-state index contributed by atoms with van der Waals surface area (Å²) in [5.41, 5.74) is 5.04. The Morgan fingerprint density at radius 3 is 2.70 bits per heavy atom. The van der Waals surface area contributed by atoms with Crippen molar-refractivity contribution in [2.24, 2.45) is 0 Å². The molecule has 1 aromatic heterocycles. The molecule has 23 heavy (non-hydrogen) atoms. The fourth-order valence-electron chi connectivity index (χ4n) is 2.89. The average molecular weight is 313 g/mol. The second-order valence-electron chi connectivity index (χ2n) is 6.18. The Hall–Kier alpha value is -2.14. The first-order valence-electron chi connectivity index (χ1n) is 8.06. The van der Waals surface area contributed by atoms with Crippen LogP contribution in [0.15, 0.2) is 24.3 Å². The van der Waals surface area contributed by atoms with E-state index in [4.69, 9.17) is 4.74 Å². The minimum absolute atomic E-state index is 0.0661. The van der Waals surface area contributed by atoms with Gasteiger partial charge in [-0.15, -0.1) is 0 Å². The van der Waals surface area contributed by atoms with Crippen molar-refractivity contribution in [2.45, 2.75) is 46.3 Å². The lowest BCUT2D eigenvalue weighted by molar-refractivity contribution is -0.124. The van der Waals surface area contributed by atoms with Crippen LogP contribution in [0.25, 0.3) is 0 Å². The number of nitrogens with zero attached hydrogens (tertiary/aromatic N) is 2. The largest absolute Gasteiger partial charge is 0.368 e. The van der Waals surface area contributed by atoms with Crippen molar-refractivity contribution in [1.29, 1.82) is 0 Å². The number of benzene rings is 1. The molecule has 0 unspecified atom stereocenters. The zero-order valence-electron chi connectivity index (χ0n) is 13.9. The number of nitrogens with one attached hydrogen (secondary N) is 1. The summed E-state index contributed by atoms with van der Waals surface area (Å²) in [5, 5.41) is 7.56. The third-order valence-corrected chi connectivity index (χ3v) is 4.30. The van der Waals surface area contributed by atoms with Crippen molar-refractivity contribution in [3.05, 3.63) is 46.8 Å². The third-order valence-electron chi connectivity index (χ3n) is 4.30. The fourth-order valence-corrected chi connectivity index (χ4v) is 2.89. The Kier molecular flexibility index (Phi) is 4.48. The Morgan fingerprint density at radius 1 is 1.30 bits per heavy atom. The highest BCUT2D eigenvalue weighted by Gasteiger charge is 2.25. The smallest absolute Gasteiger partial charge is 0.253 e. The molecule has 0 saturated carbocycles. The SMILES string of the molecule is Cc1ccc(Cn2nc(C)c(NC(=O)[C@H]3CCCO3)c2C)cc1. The minimum Gasteiger partial charge on any atom is -0.368 e. The van der Waals surface area contributed by atoms with Crippen molar-refractivity contribution in [2.75, 3.05) is 11.9 Å². The number of rotatable bonds is 4. The number of anilines is 1. The van der Waals surface area contributed by atoms with Gasteiger partial charge in [-0.2, -0.15) is 5.10 Å². The highest BCUT2D eigenvalue weighted by atomic mass is 16.5. The van der Waals surface area contributed by atoms with Gasteiger partial charge in [0.05, 0.1) is 23.6 Å². The van der Waals surface area contributed by atoms with Crippen LogP contribution >= 0.6 is 0 Å². The molecular formula is C18H23N3O2. The average Bonchev–Trinajstić information content (AvgIpc) is 3.14. The zero-order valence-corrected chi connectivity index (χ0v) is 13.9. The van der Waals surface area contributed by atoms with Crippen molar-refractivity contribution >= 4 is 11.6 Å². The van der Waals surface area contributed by atoms with Crippen LogP contribution in [0.2, 0.25) is 0 Å². The first-order chi connectivity index (χ1) is 11.0. The third kappa shape index (κ3) is 3.45. The van der Waals surface area contributed by atoms with E-state index >= 15 is 0 Å². The Balaban J connectivity index is 1.76. The van der Waals surface area contributed by atoms with E-state index in [1.165, 1.54) is 11.1 Å². The summed E-state index contributed by atoms with van der Waals surface area (Å²) in [6.45, 7) is 7.35. The monoisotopic (exact) mass is 313 g/mol. The van der Waals surface area contributed by atoms with Gasteiger partial charge in [0, 0.05) is 6.61 Å². The maximum absolute atomic E-state index is 12.3. The molecule has 0 spiro atoms. The van der Waals surface area contributed by atoms with Crippen molar-refractivity contribution < 1.29 is 9.53 Å². The number of carbonyl (C=O) groups excluding carboxylic acids is 1. The quantitative estimate of drug-likeness (QED) is 0.944. The molecule has 122 valence electrons. The van der Waals surface area contributed by atoms with Crippen LogP contribution in [0.3, 0.4) is 0 Å². The van der Waals surface area contributed by atoms with E-state index in [0.29, 0.717) is 13.2 Å². The molecule has 1 aromatic carbocycles. The fraction of sp³-hybridized carbons (Fsp3) is 0.444. The van der Waals surface area contributed by atoms with Gasteiger partial charge in [-0.3, -0.25) is 9.48 Å². The van der Waals surface area contributed by atoms with E-state index in [0.717, 1.165) is 29.9 Å². The molecule has 1 amide bonds. The van der Waals surface area contributed by atoms with Gasteiger partial charge < -0.3 is 10.1 Å².